The molecule has 2 aromatic carbocycles. The second-order valence-electron chi connectivity index (χ2n) is 8.37. The minimum absolute atomic E-state index is 0.0248. The van der Waals surface area contributed by atoms with Crippen LogP contribution in [0.1, 0.15) is 41.3 Å². The summed E-state index contributed by atoms with van der Waals surface area (Å²) in [5.74, 6) is -2.09. The molecular formula is C23H21FN4O4. The number of anilines is 2. The number of hydrogen-bond acceptors (Lipinski definition) is 4. The van der Waals surface area contributed by atoms with Gasteiger partial charge in [0.15, 0.2) is 0 Å². The summed E-state index contributed by atoms with van der Waals surface area (Å²) < 4.78 is 14.8. The highest BCUT2D eigenvalue weighted by Gasteiger charge is 2.40. The Bertz CT molecular complexity index is 1180. The fraction of sp³-hybridized carbons (Fsp3) is 0.304. The van der Waals surface area contributed by atoms with Gasteiger partial charge in [0, 0.05) is 30.3 Å². The molecule has 164 valence electrons. The van der Waals surface area contributed by atoms with Gasteiger partial charge in [-0.25, -0.2) is 9.18 Å². The van der Waals surface area contributed by atoms with Crippen LogP contribution in [0, 0.1) is 5.82 Å². The summed E-state index contributed by atoms with van der Waals surface area (Å²) in [6.07, 6.45) is 1.08. The Morgan fingerprint density at radius 3 is 2.72 bits per heavy atom. The van der Waals surface area contributed by atoms with E-state index < -0.39 is 29.7 Å². The summed E-state index contributed by atoms with van der Waals surface area (Å²) >= 11 is 0. The number of nitrogens with one attached hydrogen (secondary N) is 2. The lowest BCUT2D eigenvalue weighted by Crippen LogP contribution is -2.52. The van der Waals surface area contributed by atoms with Crippen LogP contribution in [-0.2, 0) is 22.6 Å². The van der Waals surface area contributed by atoms with Crippen molar-refractivity contribution >= 4 is 35.1 Å². The monoisotopic (exact) mass is 436 g/mol. The molecule has 32 heavy (non-hydrogen) atoms. The van der Waals surface area contributed by atoms with Gasteiger partial charge >= 0.3 is 6.03 Å². The molecule has 0 bridgehead atoms. The van der Waals surface area contributed by atoms with E-state index in [0.717, 1.165) is 17.3 Å². The van der Waals surface area contributed by atoms with Crippen molar-refractivity contribution in [3.05, 3.63) is 58.9 Å². The molecule has 2 aromatic rings. The second-order valence-corrected chi connectivity index (χ2v) is 8.37. The first-order chi connectivity index (χ1) is 15.3. The third-order valence-electron chi connectivity index (χ3n) is 6.28. The van der Waals surface area contributed by atoms with E-state index in [0.29, 0.717) is 12.0 Å². The third-order valence-corrected chi connectivity index (χ3v) is 6.28. The zero-order valence-electron chi connectivity index (χ0n) is 17.4. The first kappa shape index (κ1) is 20.2. The van der Waals surface area contributed by atoms with Crippen LogP contribution in [0.25, 0.3) is 0 Å². The van der Waals surface area contributed by atoms with Gasteiger partial charge in [-0.3, -0.25) is 24.6 Å². The highest BCUT2D eigenvalue weighted by molar-refractivity contribution is 6.07. The first-order valence-electron chi connectivity index (χ1n) is 10.5. The van der Waals surface area contributed by atoms with Crippen molar-refractivity contribution in [2.75, 3.05) is 10.2 Å². The zero-order chi connectivity index (χ0) is 22.6. The Morgan fingerprint density at radius 1 is 1.16 bits per heavy atom. The molecule has 5 rings (SSSR count). The molecule has 0 spiro atoms. The smallest absolute Gasteiger partial charge is 0.322 e. The largest absolute Gasteiger partial charge is 0.326 e. The number of carbonyl (C=O) groups is 4. The van der Waals surface area contributed by atoms with Crippen molar-refractivity contribution in [3.8, 4) is 0 Å². The summed E-state index contributed by atoms with van der Waals surface area (Å²) in [7, 11) is 0. The number of fused-ring (bicyclic) bond motifs is 2. The first-order valence-corrected chi connectivity index (χ1v) is 10.5. The molecule has 0 aromatic heterocycles. The fourth-order valence-corrected chi connectivity index (χ4v) is 4.74. The maximum atomic E-state index is 14.8. The number of piperidine rings is 1. The Balaban J connectivity index is 1.38. The van der Waals surface area contributed by atoms with Gasteiger partial charge in [0.1, 0.15) is 11.9 Å². The Morgan fingerprint density at radius 2 is 1.94 bits per heavy atom. The fourth-order valence-electron chi connectivity index (χ4n) is 4.74. The maximum Gasteiger partial charge on any atom is 0.326 e. The van der Waals surface area contributed by atoms with Crippen molar-refractivity contribution in [1.82, 2.24) is 10.2 Å². The average molecular weight is 436 g/mol. The third kappa shape index (κ3) is 3.21. The van der Waals surface area contributed by atoms with Gasteiger partial charge in [0.2, 0.25) is 11.8 Å². The van der Waals surface area contributed by atoms with Crippen molar-refractivity contribution in [3.63, 3.8) is 0 Å². The van der Waals surface area contributed by atoms with E-state index in [1.54, 1.807) is 4.90 Å². The molecule has 1 unspecified atom stereocenters. The van der Waals surface area contributed by atoms with E-state index in [2.05, 4.69) is 10.6 Å². The van der Waals surface area contributed by atoms with Crippen LogP contribution in [0.2, 0.25) is 0 Å². The molecule has 2 atom stereocenters. The molecule has 5 amide bonds. The van der Waals surface area contributed by atoms with Crippen LogP contribution in [0.5, 0.6) is 0 Å². The minimum atomic E-state index is -0.782. The van der Waals surface area contributed by atoms with Gasteiger partial charge in [-0.2, -0.15) is 0 Å². The highest BCUT2D eigenvalue weighted by atomic mass is 19.1. The highest BCUT2D eigenvalue weighted by Crippen LogP contribution is 2.34. The molecular weight excluding hydrogens is 415 g/mol. The molecule has 8 nitrogen and oxygen atoms in total. The Hall–Kier alpha value is -3.75. The van der Waals surface area contributed by atoms with Crippen LogP contribution in [0.3, 0.4) is 0 Å². The van der Waals surface area contributed by atoms with Crippen LogP contribution in [0.15, 0.2) is 36.4 Å². The van der Waals surface area contributed by atoms with Gasteiger partial charge in [0.25, 0.3) is 5.91 Å². The number of benzene rings is 2. The average Bonchev–Trinajstić information content (AvgIpc) is 3.24. The number of nitrogens with zero attached hydrogens (tertiary/aromatic N) is 2. The zero-order valence-corrected chi connectivity index (χ0v) is 17.4. The number of carbonyl (C=O) groups excluding carboxylic acids is 4. The SMILES string of the molecule is C[C@@H]1Cc2ccccc2N1C(=O)Nc1cc2c(cc1F)C(=O)N(C1CCC(=O)NC1=O)C2. The second kappa shape index (κ2) is 7.44. The van der Waals surface area contributed by atoms with Crippen molar-refractivity contribution in [2.45, 2.75) is 44.8 Å². The number of para-hydroxylation sites is 1. The van der Waals surface area contributed by atoms with Crippen molar-refractivity contribution in [1.29, 1.82) is 0 Å². The summed E-state index contributed by atoms with van der Waals surface area (Å²) in [5, 5.41) is 4.87. The van der Waals surface area contributed by atoms with Gasteiger partial charge in [-0.1, -0.05) is 18.2 Å². The number of rotatable bonds is 2. The maximum absolute atomic E-state index is 14.8. The normalized spacial score (nSPS) is 22.0. The van der Waals surface area contributed by atoms with Crippen LogP contribution in [0.4, 0.5) is 20.6 Å². The predicted molar refractivity (Wildman–Crippen MR) is 114 cm³/mol. The van der Waals surface area contributed by atoms with Crippen LogP contribution < -0.4 is 15.5 Å². The lowest BCUT2D eigenvalue weighted by molar-refractivity contribution is -0.136. The number of urea groups is 1. The molecule has 2 N–H and O–H groups in total. The molecule has 0 saturated carbocycles. The molecule has 1 saturated heterocycles. The number of halogens is 1. The van der Waals surface area contributed by atoms with Gasteiger partial charge in [0.05, 0.1) is 5.69 Å². The lowest BCUT2D eigenvalue weighted by Gasteiger charge is -2.29. The molecule has 0 aliphatic carbocycles. The van der Waals surface area contributed by atoms with Crippen LogP contribution in [-0.4, -0.2) is 40.7 Å². The molecule has 3 aliphatic heterocycles. The molecule has 9 heteroatoms. The molecule has 1 fully saturated rings. The molecule has 3 heterocycles. The number of hydrogen-bond donors (Lipinski definition) is 2. The Labute approximate surface area is 183 Å². The van der Waals surface area contributed by atoms with Crippen molar-refractivity contribution < 1.29 is 23.6 Å². The van der Waals surface area contributed by atoms with E-state index in [-0.39, 0.29) is 42.6 Å². The lowest BCUT2D eigenvalue weighted by atomic mass is 10.0. The number of amides is 5. The van der Waals surface area contributed by atoms with E-state index in [1.807, 2.05) is 31.2 Å². The summed E-state index contributed by atoms with van der Waals surface area (Å²) in [5.41, 5.74) is 2.49. The quantitative estimate of drug-likeness (QED) is 0.707. The Kier molecular flexibility index (Phi) is 4.69. The topological polar surface area (TPSA) is 98.8 Å². The van der Waals surface area contributed by atoms with E-state index >= 15 is 0 Å². The predicted octanol–water partition coefficient (Wildman–Crippen LogP) is 2.57. The van der Waals surface area contributed by atoms with E-state index in [4.69, 9.17) is 0 Å². The molecule has 0 radical (unpaired) electrons. The van der Waals surface area contributed by atoms with E-state index in [1.165, 1.54) is 11.0 Å². The van der Waals surface area contributed by atoms with Crippen molar-refractivity contribution in [2.24, 2.45) is 0 Å². The van der Waals surface area contributed by atoms with Gasteiger partial charge in [-0.15, -0.1) is 0 Å². The minimum Gasteiger partial charge on any atom is -0.322 e. The van der Waals surface area contributed by atoms with Crippen LogP contribution >= 0.6 is 0 Å². The van der Waals surface area contributed by atoms with Gasteiger partial charge in [-0.05, 0) is 49.1 Å². The van der Waals surface area contributed by atoms with E-state index in [9.17, 15) is 23.6 Å². The summed E-state index contributed by atoms with van der Waals surface area (Å²) in [6, 6.07) is 8.82. The number of imide groups is 1. The summed E-state index contributed by atoms with van der Waals surface area (Å²) in [4.78, 5) is 52.3. The van der Waals surface area contributed by atoms with Gasteiger partial charge < -0.3 is 10.2 Å². The molecule has 3 aliphatic rings. The summed E-state index contributed by atoms with van der Waals surface area (Å²) in [6.45, 7) is 2.03. The standard InChI is InChI=1S/C23H21FN4O4/c1-12-8-13-4-2-3-5-18(13)28(12)23(32)25-17-9-14-11-27(22(31)15(14)10-16(17)24)19-6-7-20(29)26-21(19)30/h2-5,9-10,12,19H,6-8,11H2,1H3,(H,25,32)(H,26,29,30)/t12-,19?/m1/s1.